The fraction of sp³-hybridized carbons (Fsp3) is 0.500. The van der Waals surface area contributed by atoms with Gasteiger partial charge in [-0.1, -0.05) is 19.9 Å². The van der Waals surface area contributed by atoms with Gasteiger partial charge in [0.25, 0.3) is 5.91 Å². The van der Waals surface area contributed by atoms with Crippen LogP contribution in [0, 0.1) is 5.92 Å². The van der Waals surface area contributed by atoms with Crippen LogP contribution in [0.15, 0.2) is 24.3 Å². The summed E-state index contributed by atoms with van der Waals surface area (Å²) in [6.07, 6.45) is 1.87. The summed E-state index contributed by atoms with van der Waals surface area (Å²) in [6, 6.07) is 6.22. The average Bonchev–Trinajstić information content (AvgIpc) is 2.99. The third kappa shape index (κ3) is 4.34. The molecule has 1 aliphatic heterocycles. The molecule has 0 bridgehead atoms. The number of nitrogens with zero attached hydrogens (tertiary/aromatic N) is 1. The van der Waals surface area contributed by atoms with E-state index in [9.17, 15) is 14.4 Å². The molecule has 1 fully saturated rings. The number of ether oxygens (including phenoxy) is 1. The third-order valence-corrected chi connectivity index (χ3v) is 3.99. The van der Waals surface area contributed by atoms with E-state index in [-0.39, 0.29) is 17.7 Å². The van der Waals surface area contributed by atoms with Gasteiger partial charge in [-0.3, -0.25) is 9.59 Å². The smallest absolute Gasteiger partial charge is 0.328 e. The van der Waals surface area contributed by atoms with Gasteiger partial charge in [-0.15, -0.1) is 0 Å². The molecule has 1 aliphatic rings. The molecule has 130 valence electrons. The summed E-state index contributed by atoms with van der Waals surface area (Å²) in [5.74, 6) is -0.495. The first kappa shape index (κ1) is 18.0. The van der Waals surface area contributed by atoms with Crippen LogP contribution >= 0.6 is 0 Å². The summed E-state index contributed by atoms with van der Waals surface area (Å²) < 4.78 is 4.76. The van der Waals surface area contributed by atoms with Crippen LogP contribution in [0.5, 0.6) is 0 Å². The van der Waals surface area contributed by atoms with Crippen molar-refractivity contribution in [1.29, 1.82) is 0 Å². The zero-order valence-corrected chi connectivity index (χ0v) is 14.4. The van der Waals surface area contributed by atoms with Gasteiger partial charge in [0.05, 0.1) is 7.11 Å². The topological polar surface area (TPSA) is 75.7 Å². The minimum absolute atomic E-state index is 0.0693. The molecule has 1 aromatic rings. The second-order valence-corrected chi connectivity index (χ2v) is 6.38. The predicted molar refractivity (Wildman–Crippen MR) is 90.8 cm³/mol. The summed E-state index contributed by atoms with van der Waals surface area (Å²) in [6.45, 7) is 4.62. The summed E-state index contributed by atoms with van der Waals surface area (Å²) in [5.41, 5.74) is 1.13. The molecule has 6 heteroatoms. The molecular formula is C18H24N2O4. The molecule has 1 saturated heterocycles. The van der Waals surface area contributed by atoms with Crippen molar-refractivity contribution in [3.8, 4) is 0 Å². The van der Waals surface area contributed by atoms with E-state index in [2.05, 4.69) is 5.32 Å². The van der Waals surface area contributed by atoms with Crippen LogP contribution in [0.1, 0.15) is 43.5 Å². The Balaban J connectivity index is 2.13. The summed E-state index contributed by atoms with van der Waals surface area (Å²) >= 11 is 0. The fourth-order valence-electron chi connectivity index (χ4n) is 2.81. The van der Waals surface area contributed by atoms with Crippen molar-refractivity contribution < 1.29 is 19.1 Å². The van der Waals surface area contributed by atoms with Crippen molar-refractivity contribution in [1.82, 2.24) is 5.32 Å². The van der Waals surface area contributed by atoms with E-state index in [0.29, 0.717) is 30.6 Å². The highest BCUT2D eigenvalue weighted by Crippen LogP contribution is 2.22. The van der Waals surface area contributed by atoms with Gasteiger partial charge in [0.1, 0.15) is 6.04 Å². The Morgan fingerprint density at radius 1 is 1.33 bits per heavy atom. The second kappa shape index (κ2) is 7.95. The lowest BCUT2D eigenvalue weighted by Crippen LogP contribution is -2.42. The van der Waals surface area contributed by atoms with E-state index in [1.165, 1.54) is 7.11 Å². The van der Waals surface area contributed by atoms with E-state index in [0.717, 1.165) is 6.42 Å². The fourth-order valence-corrected chi connectivity index (χ4v) is 2.81. The number of amides is 2. The number of rotatable bonds is 6. The molecule has 1 heterocycles. The maximum atomic E-state index is 12.5. The van der Waals surface area contributed by atoms with Crippen LogP contribution in [-0.4, -0.2) is 37.5 Å². The predicted octanol–water partition coefficient (Wildman–Crippen LogP) is 2.13. The van der Waals surface area contributed by atoms with E-state index in [1.807, 2.05) is 19.9 Å². The Bertz CT molecular complexity index is 627. The van der Waals surface area contributed by atoms with E-state index in [1.54, 1.807) is 23.1 Å². The third-order valence-electron chi connectivity index (χ3n) is 3.99. The number of carbonyl (C=O) groups is 3. The van der Waals surface area contributed by atoms with Gasteiger partial charge in [0, 0.05) is 24.2 Å². The minimum Gasteiger partial charge on any atom is -0.467 e. The Labute approximate surface area is 142 Å². The number of nitrogens with one attached hydrogen (secondary N) is 1. The van der Waals surface area contributed by atoms with Gasteiger partial charge in [0.2, 0.25) is 5.91 Å². The molecule has 1 N–H and O–H groups in total. The summed E-state index contributed by atoms with van der Waals surface area (Å²) in [5, 5.41) is 2.73. The molecule has 0 spiro atoms. The van der Waals surface area contributed by atoms with Crippen LogP contribution in [0.25, 0.3) is 0 Å². The minimum atomic E-state index is -0.681. The Morgan fingerprint density at radius 2 is 2.08 bits per heavy atom. The number of hydrogen-bond donors (Lipinski definition) is 1. The molecule has 0 radical (unpaired) electrons. The molecular weight excluding hydrogens is 308 g/mol. The lowest BCUT2D eigenvalue weighted by atomic mass is 10.0. The van der Waals surface area contributed by atoms with Gasteiger partial charge in [-0.2, -0.15) is 0 Å². The van der Waals surface area contributed by atoms with Crippen LogP contribution < -0.4 is 10.2 Å². The molecule has 0 aliphatic carbocycles. The highest BCUT2D eigenvalue weighted by Gasteiger charge is 2.25. The van der Waals surface area contributed by atoms with Crippen molar-refractivity contribution in [2.24, 2.45) is 5.92 Å². The first-order chi connectivity index (χ1) is 11.4. The van der Waals surface area contributed by atoms with Crippen molar-refractivity contribution in [3.05, 3.63) is 29.8 Å². The molecule has 2 rings (SSSR count). The monoisotopic (exact) mass is 332 g/mol. The van der Waals surface area contributed by atoms with Crippen molar-refractivity contribution in [2.75, 3.05) is 18.6 Å². The zero-order valence-electron chi connectivity index (χ0n) is 14.4. The molecule has 6 nitrogen and oxygen atoms in total. The summed E-state index contributed by atoms with van der Waals surface area (Å²) in [7, 11) is 1.31. The Morgan fingerprint density at radius 3 is 2.67 bits per heavy atom. The number of methoxy groups -OCH3 is 1. The number of esters is 1. The van der Waals surface area contributed by atoms with E-state index in [4.69, 9.17) is 4.74 Å². The van der Waals surface area contributed by atoms with Gasteiger partial charge in [-0.05, 0) is 37.0 Å². The maximum absolute atomic E-state index is 12.5. The molecule has 2 amide bonds. The standard InChI is InChI=1S/C18H24N2O4/c1-12(2)10-15(18(23)24-3)19-17(22)13-6-4-7-14(11-13)20-9-5-8-16(20)21/h4,6-7,11-12,15H,5,8-10H2,1-3H3,(H,19,22)/t15-/m1/s1. The molecule has 1 aromatic carbocycles. The second-order valence-electron chi connectivity index (χ2n) is 6.38. The van der Waals surface area contributed by atoms with Gasteiger partial charge in [-0.25, -0.2) is 4.79 Å². The van der Waals surface area contributed by atoms with Crippen LogP contribution in [0.4, 0.5) is 5.69 Å². The van der Waals surface area contributed by atoms with E-state index >= 15 is 0 Å². The SMILES string of the molecule is COC(=O)[C@@H](CC(C)C)NC(=O)c1cccc(N2CCCC2=O)c1. The number of benzene rings is 1. The quantitative estimate of drug-likeness (QED) is 0.810. The van der Waals surface area contributed by atoms with Crippen molar-refractivity contribution >= 4 is 23.5 Å². The molecule has 0 aromatic heterocycles. The average molecular weight is 332 g/mol. The van der Waals surface area contributed by atoms with Gasteiger partial charge >= 0.3 is 5.97 Å². The molecule has 1 atom stereocenters. The normalized spacial score (nSPS) is 15.5. The van der Waals surface area contributed by atoms with Crippen LogP contribution in [0.3, 0.4) is 0 Å². The van der Waals surface area contributed by atoms with E-state index < -0.39 is 12.0 Å². The molecule has 24 heavy (non-hydrogen) atoms. The van der Waals surface area contributed by atoms with Gasteiger partial charge < -0.3 is 15.0 Å². The highest BCUT2D eigenvalue weighted by molar-refractivity contribution is 6.00. The van der Waals surface area contributed by atoms with Crippen molar-refractivity contribution in [3.63, 3.8) is 0 Å². The number of carbonyl (C=O) groups excluding carboxylic acids is 3. The summed E-state index contributed by atoms with van der Waals surface area (Å²) in [4.78, 5) is 37.9. The van der Waals surface area contributed by atoms with Gasteiger partial charge in [0.15, 0.2) is 0 Å². The van der Waals surface area contributed by atoms with Crippen molar-refractivity contribution in [2.45, 2.75) is 39.2 Å². The first-order valence-electron chi connectivity index (χ1n) is 8.21. The highest BCUT2D eigenvalue weighted by atomic mass is 16.5. The first-order valence-corrected chi connectivity index (χ1v) is 8.21. The van der Waals surface area contributed by atoms with Crippen LogP contribution in [-0.2, 0) is 14.3 Å². The lowest BCUT2D eigenvalue weighted by Gasteiger charge is -2.19. The number of hydrogen-bond acceptors (Lipinski definition) is 4. The molecule has 0 saturated carbocycles. The molecule has 0 unspecified atom stereocenters. The Kier molecular flexibility index (Phi) is 5.95. The maximum Gasteiger partial charge on any atom is 0.328 e. The lowest BCUT2D eigenvalue weighted by molar-refractivity contribution is -0.143. The zero-order chi connectivity index (χ0) is 17.7. The number of anilines is 1. The largest absolute Gasteiger partial charge is 0.467 e. The van der Waals surface area contributed by atoms with Crippen LogP contribution in [0.2, 0.25) is 0 Å². The Hall–Kier alpha value is -2.37.